The van der Waals surface area contributed by atoms with Crippen molar-refractivity contribution in [1.82, 2.24) is 4.90 Å². The Kier molecular flexibility index (Phi) is 5.51. The van der Waals surface area contributed by atoms with Crippen LogP contribution in [0.1, 0.15) is 36.2 Å². The number of carboxylic acid groups (broad SMARTS) is 1. The summed E-state index contributed by atoms with van der Waals surface area (Å²) in [6.07, 6.45) is 0.882. The Morgan fingerprint density at radius 2 is 1.89 bits per heavy atom. The third-order valence-electron chi connectivity index (χ3n) is 3.18. The van der Waals surface area contributed by atoms with Gasteiger partial charge in [0.15, 0.2) is 0 Å². The van der Waals surface area contributed by atoms with Crippen LogP contribution < -0.4 is 5.73 Å². The number of hydrogen-bond donors (Lipinski definition) is 2. The van der Waals surface area contributed by atoms with Crippen LogP contribution >= 0.6 is 0 Å². The molecule has 1 rings (SSSR count). The second-order valence-corrected chi connectivity index (χ2v) is 4.62. The Labute approximate surface area is 113 Å². The molecule has 5 heteroatoms. The smallest absolute Gasteiger partial charge is 0.317 e. The quantitative estimate of drug-likeness (QED) is 0.781. The summed E-state index contributed by atoms with van der Waals surface area (Å²) < 4.78 is 0. The molecule has 0 fully saturated rings. The summed E-state index contributed by atoms with van der Waals surface area (Å²) in [6.45, 7) is 4.57. The van der Waals surface area contributed by atoms with E-state index in [0.717, 1.165) is 12.0 Å². The van der Waals surface area contributed by atoms with E-state index in [1.165, 1.54) is 0 Å². The number of primary amides is 1. The highest BCUT2D eigenvalue weighted by Crippen LogP contribution is 2.11. The Balaban J connectivity index is 2.78. The molecule has 0 aromatic heterocycles. The first-order chi connectivity index (χ1) is 8.93. The highest BCUT2D eigenvalue weighted by Gasteiger charge is 2.15. The average molecular weight is 264 g/mol. The summed E-state index contributed by atoms with van der Waals surface area (Å²) in [6, 6.07) is 7.11. The van der Waals surface area contributed by atoms with Gasteiger partial charge in [-0.25, -0.2) is 0 Å². The zero-order valence-corrected chi connectivity index (χ0v) is 11.3. The van der Waals surface area contributed by atoms with Gasteiger partial charge in [0.2, 0.25) is 5.91 Å². The van der Waals surface area contributed by atoms with E-state index in [0.29, 0.717) is 12.1 Å². The second kappa shape index (κ2) is 6.89. The Morgan fingerprint density at radius 3 is 2.32 bits per heavy atom. The minimum absolute atomic E-state index is 0.00653. The van der Waals surface area contributed by atoms with Crippen molar-refractivity contribution < 1.29 is 14.7 Å². The van der Waals surface area contributed by atoms with Gasteiger partial charge >= 0.3 is 5.97 Å². The number of rotatable bonds is 7. The Bertz CT molecular complexity index is 443. The topological polar surface area (TPSA) is 83.6 Å². The van der Waals surface area contributed by atoms with E-state index < -0.39 is 11.9 Å². The maximum absolute atomic E-state index is 11.0. The molecule has 0 aliphatic rings. The monoisotopic (exact) mass is 264 g/mol. The fourth-order valence-corrected chi connectivity index (χ4v) is 1.81. The molecule has 0 radical (unpaired) electrons. The van der Waals surface area contributed by atoms with Crippen LogP contribution in [-0.4, -0.2) is 34.5 Å². The van der Waals surface area contributed by atoms with Gasteiger partial charge in [0, 0.05) is 18.2 Å². The largest absolute Gasteiger partial charge is 0.480 e. The minimum Gasteiger partial charge on any atom is -0.480 e. The first kappa shape index (κ1) is 15.2. The molecule has 19 heavy (non-hydrogen) atoms. The molecule has 0 bridgehead atoms. The van der Waals surface area contributed by atoms with Gasteiger partial charge in [0.05, 0.1) is 6.54 Å². The van der Waals surface area contributed by atoms with E-state index in [1.54, 1.807) is 24.3 Å². The van der Waals surface area contributed by atoms with Crippen LogP contribution in [0.4, 0.5) is 0 Å². The number of amides is 1. The van der Waals surface area contributed by atoms with Crippen molar-refractivity contribution >= 4 is 11.9 Å². The number of nitrogens with zero attached hydrogens (tertiary/aromatic N) is 1. The van der Waals surface area contributed by atoms with Crippen molar-refractivity contribution in [3.8, 4) is 0 Å². The molecule has 0 saturated heterocycles. The lowest BCUT2D eigenvalue weighted by molar-refractivity contribution is -0.139. The van der Waals surface area contributed by atoms with E-state index in [4.69, 9.17) is 10.8 Å². The number of carboxylic acids is 1. The van der Waals surface area contributed by atoms with Gasteiger partial charge in [-0.15, -0.1) is 0 Å². The van der Waals surface area contributed by atoms with Crippen LogP contribution in [0.3, 0.4) is 0 Å². The third-order valence-corrected chi connectivity index (χ3v) is 3.18. The number of carbonyl (C=O) groups excluding carboxylic acids is 1. The van der Waals surface area contributed by atoms with Gasteiger partial charge in [0.1, 0.15) is 0 Å². The first-order valence-corrected chi connectivity index (χ1v) is 6.28. The van der Waals surface area contributed by atoms with Gasteiger partial charge < -0.3 is 10.8 Å². The van der Waals surface area contributed by atoms with Crippen LogP contribution in [0.25, 0.3) is 0 Å². The number of carbonyl (C=O) groups is 2. The molecule has 5 nitrogen and oxygen atoms in total. The molecule has 1 atom stereocenters. The fourth-order valence-electron chi connectivity index (χ4n) is 1.81. The molecule has 0 saturated carbocycles. The van der Waals surface area contributed by atoms with Crippen LogP contribution in [-0.2, 0) is 11.3 Å². The van der Waals surface area contributed by atoms with Crippen molar-refractivity contribution in [1.29, 1.82) is 0 Å². The molecule has 0 spiro atoms. The van der Waals surface area contributed by atoms with Gasteiger partial charge in [-0.05, 0) is 31.0 Å². The molecule has 0 aliphatic carbocycles. The van der Waals surface area contributed by atoms with Crippen molar-refractivity contribution in [2.24, 2.45) is 5.73 Å². The summed E-state index contributed by atoms with van der Waals surface area (Å²) in [5, 5.41) is 8.92. The number of benzene rings is 1. The fraction of sp³-hybridized carbons (Fsp3) is 0.429. The first-order valence-electron chi connectivity index (χ1n) is 6.28. The van der Waals surface area contributed by atoms with Crippen molar-refractivity contribution in [3.05, 3.63) is 35.4 Å². The normalized spacial score (nSPS) is 12.4. The summed E-state index contributed by atoms with van der Waals surface area (Å²) in [5.41, 5.74) is 6.59. The number of aliphatic carboxylic acids is 1. The van der Waals surface area contributed by atoms with Crippen molar-refractivity contribution in [3.63, 3.8) is 0 Å². The Morgan fingerprint density at radius 1 is 1.32 bits per heavy atom. The highest BCUT2D eigenvalue weighted by molar-refractivity contribution is 5.92. The standard InChI is InChI=1S/C14H20N2O3/c1-3-10(2)16(9-13(17)18)8-11-4-6-12(7-5-11)14(15)19/h4-7,10H,3,8-9H2,1-2H3,(H2,15,19)(H,17,18). The summed E-state index contributed by atoms with van der Waals surface area (Å²) in [5.74, 6) is -1.30. The third kappa shape index (κ3) is 4.71. The lowest BCUT2D eigenvalue weighted by atomic mass is 10.1. The van der Waals surface area contributed by atoms with Crippen LogP contribution in [0.2, 0.25) is 0 Å². The van der Waals surface area contributed by atoms with E-state index >= 15 is 0 Å². The van der Waals surface area contributed by atoms with Gasteiger partial charge in [-0.2, -0.15) is 0 Å². The molecule has 0 aliphatic heterocycles. The predicted molar refractivity (Wildman–Crippen MR) is 72.8 cm³/mol. The summed E-state index contributed by atoms with van der Waals surface area (Å²) in [4.78, 5) is 23.7. The lowest BCUT2D eigenvalue weighted by Crippen LogP contribution is -2.36. The summed E-state index contributed by atoms with van der Waals surface area (Å²) >= 11 is 0. The molecule has 1 aromatic rings. The van der Waals surface area contributed by atoms with E-state index in [1.807, 2.05) is 18.7 Å². The molecular weight excluding hydrogens is 244 g/mol. The molecular formula is C14H20N2O3. The average Bonchev–Trinajstić information content (AvgIpc) is 2.37. The Hall–Kier alpha value is -1.88. The zero-order chi connectivity index (χ0) is 14.4. The molecule has 1 unspecified atom stereocenters. The van der Waals surface area contributed by atoms with Gasteiger partial charge in [-0.1, -0.05) is 19.1 Å². The molecule has 3 N–H and O–H groups in total. The molecule has 1 amide bonds. The second-order valence-electron chi connectivity index (χ2n) is 4.62. The highest BCUT2D eigenvalue weighted by atomic mass is 16.4. The zero-order valence-electron chi connectivity index (χ0n) is 11.3. The van der Waals surface area contributed by atoms with Crippen LogP contribution in [0, 0.1) is 0 Å². The predicted octanol–water partition coefficient (Wildman–Crippen LogP) is 1.47. The number of hydrogen-bond acceptors (Lipinski definition) is 3. The van der Waals surface area contributed by atoms with E-state index in [2.05, 4.69) is 0 Å². The molecule has 0 heterocycles. The van der Waals surface area contributed by atoms with E-state index in [9.17, 15) is 9.59 Å². The maximum atomic E-state index is 11.0. The van der Waals surface area contributed by atoms with Gasteiger partial charge in [0.25, 0.3) is 0 Å². The SMILES string of the molecule is CCC(C)N(CC(=O)O)Cc1ccc(C(N)=O)cc1. The van der Waals surface area contributed by atoms with E-state index in [-0.39, 0.29) is 12.6 Å². The van der Waals surface area contributed by atoms with Crippen molar-refractivity contribution in [2.75, 3.05) is 6.54 Å². The summed E-state index contributed by atoms with van der Waals surface area (Å²) in [7, 11) is 0. The molecule has 104 valence electrons. The minimum atomic E-state index is -0.839. The lowest BCUT2D eigenvalue weighted by Gasteiger charge is -2.26. The molecule has 1 aromatic carbocycles. The van der Waals surface area contributed by atoms with Crippen molar-refractivity contribution in [2.45, 2.75) is 32.9 Å². The number of nitrogens with two attached hydrogens (primary N) is 1. The van der Waals surface area contributed by atoms with Gasteiger partial charge in [-0.3, -0.25) is 14.5 Å². The van der Waals surface area contributed by atoms with Crippen LogP contribution in [0.5, 0.6) is 0 Å². The maximum Gasteiger partial charge on any atom is 0.317 e. The van der Waals surface area contributed by atoms with Crippen LogP contribution in [0.15, 0.2) is 24.3 Å².